The SMILES string of the molecule is CC(C)(C)c1ccc(C(=O)OCC(=O)NCCc2ccc(F)cc2)cc1. The zero-order valence-corrected chi connectivity index (χ0v) is 15.3. The molecule has 0 unspecified atom stereocenters. The summed E-state index contributed by atoms with van der Waals surface area (Å²) < 4.78 is 17.8. The van der Waals surface area contributed by atoms with Crippen LogP contribution in [0.15, 0.2) is 48.5 Å². The topological polar surface area (TPSA) is 55.4 Å². The third-order valence-corrected chi connectivity index (χ3v) is 3.97. The van der Waals surface area contributed by atoms with Gasteiger partial charge in [0.05, 0.1) is 5.56 Å². The van der Waals surface area contributed by atoms with E-state index >= 15 is 0 Å². The number of hydrogen-bond acceptors (Lipinski definition) is 3. The molecule has 0 aromatic heterocycles. The number of esters is 1. The fraction of sp³-hybridized carbons (Fsp3) is 0.333. The average molecular weight is 357 g/mol. The molecule has 1 N–H and O–H groups in total. The van der Waals surface area contributed by atoms with Crippen molar-refractivity contribution in [3.05, 3.63) is 71.0 Å². The summed E-state index contributed by atoms with van der Waals surface area (Å²) in [7, 11) is 0. The number of halogens is 1. The molecule has 0 saturated carbocycles. The third-order valence-electron chi connectivity index (χ3n) is 3.97. The second kappa shape index (κ2) is 8.61. The van der Waals surface area contributed by atoms with E-state index in [-0.39, 0.29) is 23.7 Å². The number of ether oxygens (including phenoxy) is 1. The van der Waals surface area contributed by atoms with Crippen molar-refractivity contribution in [2.45, 2.75) is 32.6 Å². The summed E-state index contributed by atoms with van der Waals surface area (Å²) in [5, 5.41) is 2.67. The molecule has 0 heterocycles. The van der Waals surface area contributed by atoms with Crippen molar-refractivity contribution < 1.29 is 18.7 Å². The van der Waals surface area contributed by atoms with Crippen LogP contribution in [-0.4, -0.2) is 25.0 Å². The van der Waals surface area contributed by atoms with Gasteiger partial charge in [-0.2, -0.15) is 0 Å². The number of nitrogens with one attached hydrogen (secondary N) is 1. The molecular weight excluding hydrogens is 333 g/mol. The van der Waals surface area contributed by atoms with Gasteiger partial charge < -0.3 is 10.1 Å². The smallest absolute Gasteiger partial charge is 0.338 e. The summed E-state index contributed by atoms with van der Waals surface area (Å²) in [5.74, 6) is -1.19. The minimum atomic E-state index is -0.529. The van der Waals surface area contributed by atoms with Crippen molar-refractivity contribution in [1.29, 1.82) is 0 Å². The van der Waals surface area contributed by atoms with Gasteiger partial charge in [0.25, 0.3) is 5.91 Å². The van der Waals surface area contributed by atoms with Crippen molar-refractivity contribution in [3.63, 3.8) is 0 Å². The molecule has 2 aromatic rings. The van der Waals surface area contributed by atoms with Gasteiger partial charge >= 0.3 is 5.97 Å². The summed E-state index contributed by atoms with van der Waals surface area (Å²) in [6.45, 7) is 6.34. The summed E-state index contributed by atoms with van der Waals surface area (Å²) in [5.41, 5.74) is 2.46. The number of benzene rings is 2. The van der Waals surface area contributed by atoms with E-state index in [9.17, 15) is 14.0 Å². The lowest BCUT2D eigenvalue weighted by Gasteiger charge is -2.18. The Bertz CT molecular complexity index is 746. The van der Waals surface area contributed by atoms with Gasteiger partial charge in [0.1, 0.15) is 5.82 Å². The maximum absolute atomic E-state index is 12.8. The van der Waals surface area contributed by atoms with Crippen molar-refractivity contribution in [2.24, 2.45) is 0 Å². The molecule has 26 heavy (non-hydrogen) atoms. The zero-order chi connectivity index (χ0) is 19.2. The van der Waals surface area contributed by atoms with Crippen LogP contribution in [0.1, 0.15) is 42.3 Å². The van der Waals surface area contributed by atoms with Crippen LogP contribution < -0.4 is 5.32 Å². The summed E-state index contributed by atoms with van der Waals surface area (Å²) in [6.07, 6.45) is 0.578. The molecular formula is C21H24FNO3. The van der Waals surface area contributed by atoms with Gasteiger partial charge in [0.2, 0.25) is 0 Å². The fourth-order valence-corrected chi connectivity index (χ4v) is 2.37. The first kappa shape index (κ1) is 19.6. The Labute approximate surface area is 153 Å². The molecule has 0 bridgehead atoms. The van der Waals surface area contributed by atoms with Crippen LogP contribution in [0, 0.1) is 5.82 Å². The van der Waals surface area contributed by atoms with Crippen LogP contribution >= 0.6 is 0 Å². The monoisotopic (exact) mass is 357 g/mol. The van der Waals surface area contributed by atoms with Gasteiger partial charge in [-0.05, 0) is 47.2 Å². The van der Waals surface area contributed by atoms with Gasteiger partial charge in [-0.1, -0.05) is 45.0 Å². The molecule has 0 atom stereocenters. The minimum absolute atomic E-state index is 0.00679. The predicted molar refractivity (Wildman–Crippen MR) is 98.5 cm³/mol. The number of amides is 1. The van der Waals surface area contributed by atoms with Crippen molar-refractivity contribution in [2.75, 3.05) is 13.2 Å². The number of rotatable bonds is 6. The number of carbonyl (C=O) groups excluding carboxylic acids is 2. The summed E-state index contributed by atoms with van der Waals surface area (Å²) in [4.78, 5) is 23.8. The molecule has 0 aliphatic rings. The van der Waals surface area contributed by atoms with E-state index in [4.69, 9.17) is 4.74 Å². The highest BCUT2D eigenvalue weighted by atomic mass is 19.1. The van der Waals surface area contributed by atoms with E-state index in [0.717, 1.165) is 11.1 Å². The number of carbonyl (C=O) groups is 2. The maximum atomic E-state index is 12.8. The molecule has 0 aliphatic carbocycles. The highest BCUT2D eigenvalue weighted by Crippen LogP contribution is 2.22. The fourth-order valence-electron chi connectivity index (χ4n) is 2.37. The van der Waals surface area contributed by atoms with Crippen molar-refractivity contribution in [3.8, 4) is 0 Å². The van der Waals surface area contributed by atoms with Crippen LogP contribution in [-0.2, 0) is 21.4 Å². The largest absolute Gasteiger partial charge is 0.452 e. The summed E-state index contributed by atoms with van der Waals surface area (Å²) in [6, 6.07) is 13.3. The Hall–Kier alpha value is -2.69. The van der Waals surface area contributed by atoms with Crippen LogP contribution in [0.5, 0.6) is 0 Å². The van der Waals surface area contributed by atoms with Crippen molar-refractivity contribution >= 4 is 11.9 Å². The second-order valence-corrected chi connectivity index (χ2v) is 7.13. The molecule has 0 radical (unpaired) electrons. The predicted octanol–water partition coefficient (Wildman–Crippen LogP) is 3.64. The number of hydrogen-bond donors (Lipinski definition) is 1. The molecule has 2 rings (SSSR count). The van der Waals surface area contributed by atoms with Crippen LogP contribution in [0.25, 0.3) is 0 Å². The molecule has 1 amide bonds. The van der Waals surface area contributed by atoms with E-state index in [1.54, 1.807) is 24.3 Å². The third kappa shape index (κ3) is 5.99. The van der Waals surface area contributed by atoms with Gasteiger partial charge in [0.15, 0.2) is 6.61 Å². The molecule has 138 valence electrons. The molecule has 2 aromatic carbocycles. The molecule has 0 aliphatic heterocycles. The van der Waals surface area contributed by atoms with E-state index < -0.39 is 5.97 Å². The Morgan fingerprint density at radius 2 is 1.62 bits per heavy atom. The molecule has 0 spiro atoms. The summed E-state index contributed by atoms with van der Waals surface area (Å²) >= 11 is 0. The molecule has 0 saturated heterocycles. The molecule has 0 fully saturated rings. The quantitative estimate of drug-likeness (QED) is 0.803. The highest BCUT2D eigenvalue weighted by molar-refractivity contribution is 5.91. The minimum Gasteiger partial charge on any atom is -0.452 e. The maximum Gasteiger partial charge on any atom is 0.338 e. The average Bonchev–Trinajstić information content (AvgIpc) is 2.61. The van der Waals surface area contributed by atoms with Gasteiger partial charge in [-0.25, -0.2) is 9.18 Å². The van der Waals surface area contributed by atoms with E-state index in [1.807, 2.05) is 12.1 Å². The molecule has 5 heteroatoms. The first-order chi connectivity index (χ1) is 12.3. The van der Waals surface area contributed by atoms with E-state index in [0.29, 0.717) is 18.5 Å². The lowest BCUT2D eigenvalue weighted by atomic mass is 9.87. The first-order valence-electron chi connectivity index (χ1n) is 8.54. The second-order valence-electron chi connectivity index (χ2n) is 7.13. The van der Waals surface area contributed by atoms with Gasteiger partial charge in [-0.15, -0.1) is 0 Å². The van der Waals surface area contributed by atoms with Crippen LogP contribution in [0.3, 0.4) is 0 Å². The van der Waals surface area contributed by atoms with E-state index in [1.165, 1.54) is 12.1 Å². The normalized spacial score (nSPS) is 11.1. The lowest BCUT2D eigenvalue weighted by molar-refractivity contribution is -0.124. The van der Waals surface area contributed by atoms with E-state index in [2.05, 4.69) is 26.1 Å². The lowest BCUT2D eigenvalue weighted by Crippen LogP contribution is -2.30. The van der Waals surface area contributed by atoms with Gasteiger partial charge in [-0.3, -0.25) is 4.79 Å². The van der Waals surface area contributed by atoms with Crippen LogP contribution in [0.2, 0.25) is 0 Å². The molecule has 4 nitrogen and oxygen atoms in total. The Balaban J connectivity index is 1.74. The first-order valence-corrected chi connectivity index (χ1v) is 8.54. The Morgan fingerprint density at radius 1 is 1.00 bits per heavy atom. The van der Waals surface area contributed by atoms with Crippen molar-refractivity contribution in [1.82, 2.24) is 5.32 Å². The highest BCUT2D eigenvalue weighted by Gasteiger charge is 2.15. The van der Waals surface area contributed by atoms with Gasteiger partial charge in [0, 0.05) is 6.54 Å². The Morgan fingerprint density at radius 3 is 2.19 bits per heavy atom. The van der Waals surface area contributed by atoms with Crippen LogP contribution in [0.4, 0.5) is 4.39 Å². The zero-order valence-electron chi connectivity index (χ0n) is 15.3. The Kier molecular flexibility index (Phi) is 6.50. The standard InChI is InChI=1S/C21H24FNO3/c1-21(2,3)17-8-6-16(7-9-17)20(25)26-14-19(24)23-13-12-15-4-10-18(22)11-5-15/h4-11H,12-14H2,1-3H3,(H,23,24).